The summed E-state index contributed by atoms with van der Waals surface area (Å²) in [4.78, 5) is 37.4. The number of ether oxygens (including phenoxy) is 1. The van der Waals surface area contributed by atoms with E-state index in [0.717, 1.165) is 41.6 Å². The van der Waals surface area contributed by atoms with Gasteiger partial charge in [-0.3, -0.25) is 14.3 Å². The Kier molecular flexibility index (Phi) is 6.95. The number of H-pyrrole nitrogens is 1. The molecule has 5 heterocycles. The molecule has 0 spiro atoms. The second-order valence-corrected chi connectivity index (χ2v) is 8.83. The maximum Gasteiger partial charge on any atom is 0.435 e. The summed E-state index contributed by atoms with van der Waals surface area (Å²) < 4.78 is 46.3. The Balaban J connectivity index is 1.08. The van der Waals surface area contributed by atoms with Crippen LogP contribution in [-0.4, -0.2) is 86.7 Å². The highest BCUT2D eigenvalue weighted by Gasteiger charge is 2.38. The Morgan fingerprint density at radius 2 is 1.95 bits per heavy atom. The molecule has 15 heteroatoms. The Bertz CT molecular complexity index is 1330. The fourth-order valence-electron chi connectivity index (χ4n) is 4.50. The molecule has 0 atom stereocenters. The molecule has 0 unspecified atom stereocenters. The molecule has 5 rings (SSSR count). The van der Waals surface area contributed by atoms with Gasteiger partial charge in [0.15, 0.2) is 5.69 Å². The van der Waals surface area contributed by atoms with Crippen molar-refractivity contribution in [1.29, 1.82) is 0 Å². The Morgan fingerprint density at radius 3 is 2.73 bits per heavy atom. The van der Waals surface area contributed by atoms with Crippen LogP contribution in [0.15, 0.2) is 17.2 Å². The number of amides is 1. The number of hydrogen-bond donors (Lipinski definition) is 2. The molecule has 0 radical (unpaired) electrons. The standard InChI is InChI=1S/C22H26F3N9O3/c23-22(24,25)18-17-15(13-28-30-20(17)36)34(31-18)9-11-37-10-3-16(35)32-5-7-33(8-6-32)21-27-12-14-2-1-4-26-19(14)29-21/h12-13H,1-11H2,(H,30,36)(H,26,27,29). The van der Waals surface area contributed by atoms with Crippen molar-refractivity contribution in [2.45, 2.75) is 32.0 Å². The third-order valence-corrected chi connectivity index (χ3v) is 6.43. The lowest BCUT2D eigenvalue weighted by molar-refractivity contribution is -0.140. The summed E-state index contributed by atoms with van der Waals surface area (Å²) in [6.07, 6.45) is 0.387. The minimum Gasteiger partial charge on any atom is -0.379 e. The molecule has 2 aliphatic rings. The number of alkyl halides is 3. The summed E-state index contributed by atoms with van der Waals surface area (Å²) in [5, 5.41) is 11.8. The minimum absolute atomic E-state index is 0.0195. The molecular weight excluding hydrogens is 495 g/mol. The Hall–Kier alpha value is -3.75. The molecule has 3 aromatic heterocycles. The lowest BCUT2D eigenvalue weighted by atomic mass is 10.1. The highest BCUT2D eigenvalue weighted by molar-refractivity contribution is 5.80. The van der Waals surface area contributed by atoms with Gasteiger partial charge in [-0.05, 0) is 12.8 Å². The molecule has 0 aromatic carbocycles. The molecule has 2 aliphatic heterocycles. The van der Waals surface area contributed by atoms with Gasteiger partial charge in [-0.1, -0.05) is 0 Å². The van der Waals surface area contributed by atoms with Crippen LogP contribution in [0.2, 0.25) is 0 Å². The van der Waals surface area contributed by atoms with Crippen molar-refractivity contribution in [3.63, 3.8) is 0 Å². The fourth-order valence-corrected chi connectivity index (χ4v) is 4.50. The van der Waals surface area contributed by atoms with Gasteiger partial charge in [0.1, 0.15) is 11.2 Å². The molecule has 198 valence electrons. The Morgan fingerprint density at radius 1 is 1.14 bits per heavy atom. The number of halogens is 3. The largest absolute Gasteiger partial charge is 0.435 e. The highest BCUT2D eigenvalue weighted by atomic mass is 19.4. The van der Waals surface area contributed by atoms with Gasteiger partial charge in [0.05, 0.1) is 37.9 Å². The minimum atomic E-state index is -4.78. The molecule has 1 amide bonds. The molecule has 0 aliphatic carbocycles. The molecule has 0 bridgehead atoms. The van der Waals surface area contributed by atoms with Gasteiger partial charge >= 0.3 is 6.18 Å². The molecule has 0 saturated carbocycles. The van der Waals surface area contributed by atoms with Crippen LogP contribution in [0.1, 0.15) is 24.1 Å². The van der Waals surface area contributed by atoms with Gasteiger partial charge < -0.3 is 19.9 Å². The van der Waals surface area contributed by atoms with E-state index in [1.807, 2.05) is 11.3 Å². The summed E-state index contributed by atoms with van der Waals surface area (Å²) in [6.45, 7) is 3.31. The van der Waals surface area contributed by atoms with E-state index in [9.17, 15) is 22.8 Å². The van der Waals surface area contributed by atoms with Crippen LogP contribution in [0.4, 0.5) is 24.9 Å². The van der Waals surface area contributed by atoms with Crippen molar-refractivity contribution < 1.29 is 22.7 Å². The number of anilines is 2. The molecule has 3 aromatic rings. The van der Waals surface area contributed by atoms with Crippen LogP contribution in [-0.2, 0) is 28.7 Å². The molecule has 37 heavy (non-hydrogen) atoms. The summed E-state index contributed by atoms with van der Waals surface area (Å²) in [7, 11) is 0. The van der Waals surface area contributed by atoms with E-state index in [1.165, 1.54) is 0 Å². The van der Waals surface area contributed by atoms with E-state index in [2.05, 4.69) is 30.4 Å². The van der Waals surface area contributed by atoms with Gasteiger partial charge in [0.25, 0.3) is 5.56 Å². The number of fused-ring (bicyclic) bond motifs is 2. The maximum atomic E-state index is 13.3. The van der Waals surface area contributed by atoms with E-state index < -0.39 is 22.8 Å². The lowest BCUT2D eigenvalue weighted by Crippen LogP contribution is -2.49. The average molecular weight is 522 g/mol. The number of rotatable bonds is 7. The number of piperazine rings is 1. The number of aromatic nitrogens is 6. The van der Waals surface area contributed by atoms with Crippen molar-refractivity contribution in [3.8, 4) is 0 Å². The van der Waals surface area contributed by atoms with E-state index in [1.54, 1.807) is 4.90 Å². The quantitative estimate of drug-likeness (QED) is 0.438. The summed E-state index contributed by atoms with van der Waals surface area (Å²) >= 11 is 0. The van der Waals surface area contributed by atoms with E-state index >= 15 is 0 Å². The van der Waals surface area contributed by atoms with Crippen LogP contribution in [0.5, 0.6) is 0 Å². The third-order valence-electron chi connectivity index (χ3n) is 6.43. The molecule has 1 saturated heterocycles. The van der Waals surface area contributed by atoms with Crippen molar-refractivity contribution >= 4 is 28.6 Å². The van der Waals surface area contributed by atoms with Crippen LogP contribution < -0.4 is 15.8 Å². The number of hydrogen-bond acceptors (Lipinski definition) is 9. The highest BCUT2D eigenvalue weighted by Crippen LogP contribution is 2.32. The van der Waals surface area contributed by atoms with Gasteiger partial charge in [0, 0.05) is 44.5 Å². The van der Waals surface area contributed by atoms with Gasteiger partial charge in [-0.25, -0.2) is 10.1 Å². The number of aryl methyl sites for hydroxylation is 1. The van der Waals surface area contributed by atoms with Crippen LogP contribution in [0, 0.1) is 0 Å². The predicted octanol–water partition coefficient (Wildman–Crippen LogP) is 1.04. The molecule has 12 nitrogen and oxygen atoms in total. The first-order valence-corrected chi connectivity index (χ1v) is 12.0. The second kappa shape index (κ2) is 10.3. The molecule has 1 fully saturated rings. The topological polar surface area (TPSA) is 134 Å². The first kappa shape index (κ1) is 24.9. The molecular formula is C22H26F3N9O3. The average Bonchev–Trinajstić information content (AvgIpc) is 3.29. The number of nitrogens with zero attached hydrogens (tertiary/aromatic N) is 7. The van der Waals surface area contributed by atoms with Gasteiger partial charge in [-0.15, -0.1) is 0 Å². The third kappa shape index (κ3) is 5.35. The number of aromatic amines is 1. The summed E-state index contributed by atoms with van der Waals surface area (Å²) in [5.41, 5.74) is -1.14. The lowest BCUT2D eigenvalue weighted by Gasteiger charge is -2.35. The van der Waals surface area contributed by atoms with Crippen molar-refractivity contribution in [1.82, 2.24) is 34.8 Å². The summed E-state index contributed by atoms with van der Waals surface area (Å²) in [6, 6.07) is 0. The van der Waals surface area contributed by atoms with E-state index in [-0.39, 0.29) is 37.6 Å². The predicted molar refractivity (Wildman–Crippen MR) is 126 cm³/mol. The maximum absolute atomic E-state index is 13.3. The smallest absolute Gasteiger partial charge is 0.379 e. The second-order valence-electron chi connectivity index (χ2n) is 8.83. The van der Waals surface area contributed by atoms with Gasteiger partial charge in [0.2, 0.25) is 11.9 Å². The molecule has 2 N–H and O–H groups in total. The van der Waals surface area contributed by atoms with Crippen LogP contribution in [0.3, 0.4) is 0 Å². The number of carbonyl (C=O) groups excluding carboxylic acids is 1. The SMILES string of the molecule is O=C(CCOCCn1nc(C(F)(F)F)c2c(=O)[nH]ncc21)N1CCN(c2ncc3c(n2)NCCC3)CC1. The first-order valence-electron chi connectivity index (χ1n) is 12.0. The van der Waals surface area contributed by atoms with E-state index in [0.29, 0.717) is 32.1 Å². The first-order chi connectivity index (χ1) is 17.8. The fraction of sp³-hybridized carbons (Fsp3) is 0.545. The zero-order chi connectivity index (χ0) is 26.0. The van der Waals surface area contributed by atoms with Crippen LogP contribution in [0.25, 0.3) is 10.9 Å². The number of carbonyl (C=O) groups is 1. The summed E-state index contributed by atoms with van der Waals surface area (Å²) in [5.74, 6) is 1.47. The zero-order valence-corrected chi connectivity index (χ0v) is 19.9. The zero-order valence-electron chi connectivity index (χ0n) is 19.9. The van der Waals surface area contributed by atoms with Gasteiger partial charge in [-0.2, -0.15) is 28.4 Å². The number of nitrogens with one attached hydrogen (secondary N) is 2. The van der Waals surface area contributed by atoms with Crippen molar-refractivity contribution in [3.05, 3.63) is 34.0 Å². The van der Waals surface area contributed by atoms with Crippen molar-refractivity contribution in [2.75, 3.05) is 56.2 Å². The Labute approximate surface area is 208 Å². The van der Waals surface area contributed by atoms with Crippen LogP contribution >= 0.6 is 0 Å². The normalized spacial score (nSPS) is 16.1. The van der Waals surface area contributed by atoms with E-state index in [4.69, 9.17) is 4.74 Å². The van der Waals surface area contributed by atoms with Crippen molar-refractivity contribution in [2.24, 2.45) is 0 Å². The monoisotopic (exact) mass is 521 g/mol.